The van der Waals surface area contributed by atoms with Crippen molar-refractivity contribution in [2.75, 3.05) is 7.11 Å². The second-order valence-corrected chi connectivity index (χ2v) is 8.29. The molecule has 188 valence electrons. The van der Waals surface area contributed by atoms with Crippen molar-refractivity contribution in [3.05, 3.63) is 108 Å². The maximum Gasteiger partial charge on any atom is 0.137 e. The molecule has 7 nitrogen and oxygen atoms in total. The first-order valence-corrected chi connectivity index (χ1v) is 11.9. The lowest BCUT2D eigenvalue weighted by Crippen LogP contribution is -2.01. The van der Waals surface area contributed by atoms with E-state index >= 15 is 0 Å². The maximum absolute atomic E-state index is 10.9. The summed E-state index contributed by atoms with van der Waals surface area (Å²) >= 11 is 0. The average Bonchev–Trinajstić information content (AvgIpc) is 3.63. The van der Waals surface area contributed by atoms with Gasteiger partial charge in [-0.25, -0.2) is 4.98 Å². The molecule has 0 saturated heterocycles. The summed E-state index contributed by atoms with van der Waals surface area (Å²) in [7, 11) is 1.00. The van der Waals surface area contributed by atoms with Crippen LogP contribution in [0.5, 0.6) is 11.5 Å². The van der Waals surface area contributed by atoms with Crippen molar-refractivity contribution in [1.29, 1.82) is 0 Å². The highest BCUT2D eigenvalue weighted by Gasteiger charge is 2.15. The van der Waals surface area contributed by atoms with Gasteiger partial charge in [-0.15, -0.1) is 0 Å². The van der Waals surface area contributed by atoms with Crippen LogP contribution in [0, 0.1) is 0 Å². The largest absolute Gasteiger partial charge is 0.457 e. The minimum Gasteiger partial charge on any atom is -0.457 e. The number of hydrogen-bond acceptors (Lipinski definition) is 5. The second kappa shape index (κ2) is 12.0. The van der Waals surface area contributed by atoms with Crippen LogP contribution >= 0.6 is 0 Å². The Bertz CT molecular complexity index is 1500. The van der Waals surface area contributed by atoms with E-state index in [1.807, 2.05) is 72.9 Å². The summed E-state index contributed by atoms with van der Waals surface area (Å²) in [6, 6.07) is 21.2. The van der Waals surface area contributed by atoms with E-state index in [9.17, 15) is 9.90 Å². The van der Waals surface area contributed by atoms with E-state index in [1.54, 1.807) is 12.3 Å². The van der Waals surface area contributed by atoms with E-state index in [-0.39, 0.29) is 0 Å². The zero-order valence-electron chi connectivity index (χ0n) is 20.5. The molecule has 0 amide bonds. The summed E-state index contributed by atoms with van der Waals surface area (Å²) < 4.78 is 6.21. The minimum absolute atomic E-state index is 0.458. The van der Waals surface area contributed by atoms with Crippen LogP contribution in [0.25, 0.3) is 28.4 Å². The van der Waals surface area contributed by atoms with E-state index in [1.165, 1.54) is 0 Å². The Morgan fingerprint density at radius 1 is 1.08 bits per heavy atom. The van der Waals surface area contributed by atoms with Gasteiger partial charge in [0.1, 0.15) is 29.7 Å². The number of imidazole rings is 1. The first kappa shape index (κ1) is 25.6. The monoisotopic (exact) mass is 495 g/mol. The molecule has 7 heteroatoms. The van der Waals surface area contributed by atoms with Crippen molar-refractivity contribution in [1.82, 2.24) is 15.0 Å². The number of aldehydes is 1. The summed E-state index contributed by atoms with van der Waals surface area (Å²) in [5.41, 5.74) is 5.13. The molecule has 0 saturated carbocycles. The number of carbonyl (C=O) groups is 1. The molecule has 5 aromatic rings. The van der Waals surface area contributed by atoms with E-state index in [0.717, 1.165) is 46.6 Å². The number of aryl methyl sites for hydroxylation is 1. The van der Waals surface area contributed by atoms with Gasteiger partial charge in [0.25, 0.3) is 0 Å². The second-order valence-electron chi connectivity index (χ2n) is 8.29. The third-order valence-electron chi connectivity index (χ3n) is 5.98. The first-order valence-electron chi connectivity index (χ1n) is 11.9. The molecule has 0 radical (unpaired) electrons. The number of H-pyrrole nitrogens is 2. The molecule has 0 spiro atoms. The minimum atomic E-state index is -0.852. The van der Waals surface area contributed by atoms with Crippen molar-refractivity contribution in [3.8, 4) is 22.9 Å². The third kappa shape index (κ3) is 5.69. The number of nitrogens with one attached hydrogen (secondary N) is 2. The standard InChI is InChI=1S/C29H25N3O3.CH4O/c1-2-23-24-13-14-30-25(24)11-12-27(23)35-22-10-4-9-21(17-22)29-31-18-26(32-29)28(34)20-8-3-6-19(16-20)7-5-15-33;1-2/h2-4,6,8-18,28,30,34H,1,5,7H2,(H,31,32);2H,1H3. The number of aromatic amines is 2. The van der Waals surface area contributed by atoms with Crippen LogP contribution < -0.4 is 4.74 Å². The van der Waals surface area contributed by atoms with Crippen LogP contribution in [0.4, 0.5) is 0 Å². The van der Waals surface area contributed by atoms with E-state index in [2.05, 4.69) is 21.5 Å². The molecule has 2 heterocycles. The Labute approximate surface area is 215 Å². The van der Waals surface area contributed by atoms with Crippen LogP contribution in [0.3, 0.4) is 0 Å². The molecule has 1 atom stereocenters. The fraction of sp³-hybridized carbons (Fsp3) is 0.133. The number of nitrogens with zero attached hydrogens (tertiary/aromatic N) is 1. The molecule has 0 aliphatic heterocycles. The third-order valence-corrected chi connectivity index (χ3v) is 5.98. The van der Waals surface area contributed by atoms with Gasteiger partial charge < -0.3 is 29.7 Å². The smallest absolute Gasteiger partial charge is 0.137 e. The molecule has 3 aromatic carbocycles. The normalized spacial score (nSPS) is 11.4. The Hall–Kier alpha value is -4.46. The Morgan fingerprint density at radius 2 is 1.92 bits per heavy atom. The number of aliphatic hydroxyl groups excluding tert-OH is 2. The molecule has 37 heavy (non-hydrogen) atoms. The van der Waals surface area contributed by atoms with Gasteiger partial charge in [-0.3, -0.25) is 0 Å². The molecule has 5 rings (SSSR count). The highest BCUT2D eigenvalue weighted by Crippen LogP contribution is 2.33. The van der Waals surface area contributed by atoms with Gasteiger partial charge in [-0.1, -0.05) is 49.1 Å². The van der Waals surface area contributed by atoms with Gasteiger partial charge in [0.2, 0.25) is 0 Å². The van der Waals surface area contributed by atoms with Crippen LogP contribution in [-0.2, 0) is 11.2 Å². The van der Waals surface area contributed by atoms with E-state index in [0.29, 0.717) is 35.9 Å². The summed E-state index contributed by atoms with van der Waals surface area (Å²) in [4.78, 5) is 21.6. The summed E-state index contributed by atoms with van der Waals surface area (Å²) in [6.07, 6.45) is 6.49. The molecule has 0 aliphatic carbocycles. The van der Waals surface area contributed by atoms with Gasteiger partial charge in [0.05, 0.1) is 11.9 Å². The summed E-state index contributed by atoms with van der Waals surface area (Å²) in [6.45, 7) is 3.94. The number of hydrogen-bond donors (Lipinski definition) is 4. The molecular formula is C30H29N3O4. The van der Waals surface area contributed by atoms with Crippen molar-refractivity contribution >= 4 is 23.3 Å². The predicted molar refractivity (Wildman–Crippen MR) is 146 cm³/mol. The number of fused-ring (bicyclic) bond motifs is 1. The lowest BCUT2D eigenvalue weighted by atomic mass is 10.0. The Morgan fingerprint density at radius 3 is 2.73 bits per heavy atom. The van der Waals surface area contributed by atoms with E-state index < -0.39 is 6.10 Å². The Kier molecular flexibility index (Phi) is 8.30. The van der Waals surface area contributed by atoms with Crippen LogP contribution in [0.1, 0.15) is 34.9 Å². The van der Waals surface area contributed by atoms with Gasteiger partial charge in [0.15, 0.2) is 0 Å². The highest BCUT2D eigenvalue weighted by atomic mass is 16.5. The average molecular weight is 496 g/mol. The predicted octanol–water partition coefficient (Wildman–Crippen LogP) is 5.82. The van der Waals surface area contributed by atoms with Crippen molar-refractivity contribution in [2.24, 2.45) is 0 Å². The topological polar surface area (TPSA) is 111 Å². The van der Waals surface area contributed by atoms with Crippen molar-refractivity contribution in [3.63, 3.8) is 0 Å². The lowest BCUT2D eigenvalue weighted by molar-refractivity contribution is -0.107. The van der Waals surface area contributed by atoms with Crippen LogP contribution in [-0.4, -0.2) is 38.6 Å². The molecule has 0 bridgehead atoms. The molecule has 2 aromatic heterocycles. The van der Waals surface area contributed by atoms with Crippen molar-refractivity contribution in [2.45, 2.75) is 18.9 Å². The molecule has 1 unspecified atom stereocenters. The van der Waals surface area contributed by atoms with Crippen LogP contribution in [0.2, 0.25) is 0 Å². The number of benzene rings is 3. The lowest BCUT2D eigenvalue weighted by Gasteiger charge is -2.11. The first-order chi connectivity index (χ1) is 18.2. The summed E-state index contributed by atoms with van der Waals surface area (Å²) in [5.74, 6) is 2.02. The maximum atomic E-state index is 10.9. The zero-order chi connectivity index (χ0) is 26.2. The van der Waals surface area contributed by atoms with Crippen molar-refractivity contribution < 1.29 is 19.7 Å². The van der Waals surface area contributed by atoms with Crippen LogP contribution in [0.15, 0.2) is 85.7 Å². The zero-order valence-corrected chi connectivity index (χ0v) is 20.5. The highest BCUT2D eigenvalue weighted by molar-refractivity contribution is 5.91. The SMILES string of the molecule is C=Cc1c(Oc2cccc(-c3ncc(C(O)c4cccc(CCC=O)c4)[nH]3)c2)ccc2[nH]ccc12.CO. The van der Waals surface area contributed by atoms with Gasteiger partial charge >= 0.3 is 0 Å². The molecule has 4 N–H and O–H groups in total. The number of carbonyl (C=O) groups excluding carboxylic acids is 1. The number of rotatable bonds is 9. The van der Waals surface area contributed by atoms with Gasteiger partial charge in [-0.2, -0.15) is 0 Å². The quantitative estimate of drug-likeness (QED) is 0.193. The number of aliphatic hydroxyl groups is 2. The fourth-order valence-corrected chi connectivity index (χ4v) is 4.21. The van der Waals surface area contributed by atoms with Gasteiger partial charge in [0, 0.05) is 41.8 Å². The molecular weight excluding hydrogens is 466 g/mol. The summed E-state index contributed by atoms with van der Waals surface area (Å²) in [5, 5.41) is 18.9. The molecule has 0 fully saturated rings. The fourth-order valence-electron chi connectivity index (χ4n) is 4.21. The molecule has 0 aliphatic rings. The Balaban J connectivity index is 0.00000156. The van der Waals surface area contributed by atoms with Gasteiger partial charge in [-0.05, 0) is 47.9 Å². The number of aromatic nitrogens is 3. The van der Waals surface area contributed by atoms with E-state index in [4.69, 9.17) is 9.84 Å². The number of ether oxygens (including phenoxy) is 1.